The first-order valence-electron chi connectivity index (χ1n) is 12.8. The molecule has 6 heteroatoms. The number of allylic oxidation sites excluding steroid dienone is 1. The lowest BCUT2D eigenvalue weighted by atomic mass is 9.83. The summed E-state index contributed by atoms with van der Waals surface area (Å²) in [6, 6.07) is 22.4. The highest BCUT2D eigenvalue weighted by Gasteiger charge is 2.50. The van der Waals surface area contributed by atoms with Gasteiger partial charge in [0.15, 0.2) is 5.78 Å². The first kappa shape index (κ1) is 24.9. The van der Waals surface area contributed by atoms with E-state index in [9.17, 15) is 18.4 Å². The number of likely N-dealkylation sites (tertiary alicyclic amines) is 1. The van der Waals surface area contributed by atoms with Gasteiger partial charge in [0.1, 0.15) is 17.2 Å². The Morgan fingerprint density at radius 1 is 0.811 bits per heavy atom. The number of piperidine rings is 1. The van der Waals surface area contributed by atoms with Gasteiger partial charge >= 0.3 is 0 Å². The highest BCUT2D eigenvalue weighted by Crippen LogP contribution is 2.39. The Morgan fingerprint density at radius 3 is 1.95 bits per heavy atom. The van der Waals surface area contributed by atoms with Crippen molar-refractivity contribution < 1.29 is 18.4 Å². The molecule has 2 saturated heterocycles. The van der Waals surface area contributed by atoms with Gasteiger partial charge in [0, 0.05) is 38.2 Å². The zero-order valence-corrected chi connectivity index (χ0v) is 20.7. The lowest BCUT2D eigenvalue weighted by Crippen LogP contribution is -2.56. The maximum atomic E-state index is 13.5. The second kappa shape index (κ2) is 10.7. The van der Waals surface area contributed by atoms with Crippen LogP contribution in [0.1, 0.15) is 43.2 Å². The molecule has 0 bridgehead atoms. The van der Waals surface area contributed by atoms with E-state index in [0.717, 1.165) is 28.9 Å². The average Bonchev–Trinajstić information content (AvgIpc) is 3.23. The summed E-state index contributed by atoms with van der Waals surface area (Å²) in [5.74, 6) is -0.325. The number of anilines is 1. The van der Waals surface area contributed by atoms with Crippen molar-refractivity contribution in [2.75, 3.05) is 24.5 Å². The lowest BCUT2D eigenvalue weighted by molar-refractivity contribution is -0.134. The van der Waals surface area contributed by atoms with Gasteiger partial charge in [-0.2, -0.15) is 0 Å². The van der Waals surface area contributed by atoms with Gasteiger partial charge in [-0.1, -0.05) is 48.5 Å². The maximum absolute atomic E-state index is 13.5. The number of para-hydroxylation sites is 1. The predicted molar refractivity (Wildman–Crippen MR) is 141 cm³/mol. The Morgan fingerprint density at radius 2 is 1.38 bits per heavy atom. The third kappa shape index (κ3) is 5.19. The van der Waals surface area contributed by atoms with E-state index in [4.69, 9.17) is 0 Å². The molecule has 4 nitrogen and oxygen atoms in total. The van der Waals surface area contributed by atoms with E-state index in [0.29, 0.717) is 45.2 Å². The van der Waals surface area contributed by atoms with E-state index in [1.54, 1.807) is 24.3 Å². The van der Waals surface area contributed by atoms with Gasteiger partial charge < -0.3 is 9.80 Å². The third-order valence-electron chi connectivity index (χ3n) is 7.63. The van der Waals surface area contributed by atoms with Gasteiger partial charge in [0.25, 0.3) is 0 Å². The van der Waals surface area contributed by atoms with Crippen LogP contribution in [0.4, 0.5) is 14.5 Å². The number of halogens is 2. The van der Waals surface area contributed by atoms with Crippen LogP contribution in [0, 0.1) is 11.6 Å². The summed E-state index contributed by atoms with van der Waals surface area (Å²) in [6.45, 7) is 1.83. The van der Waals surface area contributed by atoms with Gasteiger partial charge in [0.2, 0.25) is 5.91 Å². The van der Waals surface area contributed by atoms with Crippen LogP contribution < -0.4 is 4.90 Å². The van der Waals surface area contributed by atoms with Crippen molar-refractivity contribution in [3.63, 3.8) is 0 Å². The number of benzene rings is 3. The molecule has 1 spiro atoms. The molecule has 0 saturated carbocycles. The van der Waals surface area contributed by atoms with E-state index in [1.807, 2.05) is 41.3 Å². The average molecular weight is 501 g/mol. The number of nitrogens with zero attached hydrogens (tertiary/aromatic N) is 2. The van der Waals surface area contributed by atoms with E-state index >= 15 is 0 Å². The molecular formula is C31H30F2N2O2. The van der Waals surface area contributed by atoms with Crippen molar-refractivity contribution in [2.24, 2.45) is 0 Å². The summed E-state index contributed by atoms with van der Waals surface area (Å²) in [5.41, 5.74) is 2.99. The topological polar surface area (TPSA) is 40.6 Å². The number of amides is 1. The van der Waals surface area contributed by atoms with Crippen molar-refractivity contribution in [3.8, 4) is 0 Å². The minimum absolute atomic E-state index is 0.0559. The Bertz CT molecular complexity index is 1230. The molecule has 0 aliphatic carbocycles. The summed E-state index contributed by atoms with van der Waals surface area (Å²) in [4.78, 5) is 30.1. The van der Waals surface area contributed by atoms with Crippen LogP contribution in [0.15, 0.2) is 84.9 Å². The maximum Gasteiger partial charge on any atom is 0.222 e. The molecule has 37 heavy (non-hydrogen) atoms. The van der Waals surface area contributed by atoms with Crippen molar-refractivity contribution in [2.45, 2.75) is 37.6 Å². The minimum atomic E-state index is -0.517. The number of rotatable bonds is 6. The van der Waals surface area contributed by atoms with Crippen LogP contribution in [0.5, 0.6) is 0 Å². The molecular weight excluding hydrogens is 470 g/mol. The molecule has 3 aromatic carbocycles. The SMILES string of the molecule is O=C(CCC=C(c1ccc(F)cc1)c1ccc(F)cc1)N1CCC2(CC1)C(=O)CCN2c1ccccc1. The van der Waals surface area contributed by atoms with Gasteiger partial charge in [-0.15, -0.1) is 0 Å². The number of Topliss-reactive ketones (excluding diaryl/α,β-unsaturated/α-hetero) is 1. The standard InChI is InChI=1S/C31H30F2N2O2/c32-25-13-9-23(10-14-25)28(24-11-15-26(33)16-12-24)7-4-8-30(37)34-21-18-31(19-22-34)29(36)17-20-35(31)27-5-2-1-3-6-27/h1-3,5-7,9-16H,4,8,17-22H2. The summed E-state index contributed by atoms with van der Waals surface area (Å²) in [7, 11) is 0. The number of ketones is 1. The van der Waals surface area contributed by atoms with Crippen LogP contribution in [-0.2, 0) is 9.59 Å². The summed E-state index contributed by atoms with van der Waals surface area (Å²) < 4.78 is 27.0. The highest BCUT2D eigenvalue weighted by atomic mass is 19.1. The molecule has 0 aromatic heterocycles. The summed E-state index contributed by atoms with van der Waals surface area (Å²) >= 11 is 0. The van der Waals surface area contributed by atoms with Crippen LogP contribution in [0.3, 0.4) is 0 Å². The molecule has 2 aliphatic heterocycles. The lowest BCUT2D eigenvalue weighted by Gasteiger charge is -2.44. The monoisotopic (exact) mass is 500 g/mol. The van der Waals surface area contributed by atoms with Gasteiger partial charge in [-0.05, 0) is 72.4 Å². The van der Waals surface area contributed by atoms with Crippen LogP contribution in [0.25, 0.3) is 5.57 Å². The quantitative estimate of drug-likeness (QED) is 0.416. The molecule has 2 fully saturated rings. The number of hydrogen-bond acceptors (Lipinski definition) is 3. The Balaban J connectivity index is 1.25. The smallest absolute Gasteiger partial charge is 0.222 e. The fourth-order valence-corrected chi connectivity index (χ4v) is 5.63. The van der Waals surface area contributed by atoms with E-state index in [-0.39, 0.29) is 23.3 Å². The second-order valence-corrected chi connectivity index (χ2v) is 9.74. The number of hydrogen-bond donors (Lipinski definition) is 0. The zero-order chi connectivity index (χ0) is 25.8. The Hall–Kier alpha value is -3.80. The van der Waals surface area contributed by atoms with Crippen LogP contribution in [-0.4, -0.2) is 41.8 Å². The molecule has 0 atom stereocenters. The van der Waals surface area contributed by atoms with Crippen LogP contribution in [0.2, 0.25) is 0 Å². The predicted octanol–water partition coefficient (Wildman–Crippen LogP) is 6.02. The summed E-state index contributed by atoms with van der Waals surface area (Å²) in [5, 5.41) is 0. The highest BCUT2D eigenvalue weighted by molar-refractivity contribution is 5.96. The van der Waals surface area contributed by atoms with Crippen molar-refractivity contribution in [1.29, 1.82) is 0 Å². The largest absolute Gasteiger partial charge is 0.358 e. The van der Waals surface area contributed by atoms with Crippen LogP contribution >= 0.6 is 0 Å². The normalized spacial score (nSPS) is 16.8. The first-order valence-corrected chi connectivity index (χ1v) is 12.8. The van der Waals surface area contributed by atoms with Crippen molar-refractivity contribution in [1.82, 2.24) is 4.90 Å². The van der Waals surface area contributed by atoms with Gasteiger partial charge in [-0.3, -0.25) is 9.59 Å². The van der Waals surface area contributed by atoms with Crippen molar-refractivity contribution in [3.05, 3.63) is 108 Å². The first-order chi connectivity index (χ1) is 18.0. The molecule has 2 heterocycles. The number of carbonyl (C=O) groups is 2. The molecule has 190 valence electrons. The van der Waals surface area contributed by atoms with Crippen molar-refractivity contribution >= 4 is 23.0 Å². The fraction of sp³-hybridized carbons (Fsp3) is 0.290. The van der Waals surface area contributed by atoms with Gasteiger partial charge in [0.05, 0.1) is 0 Å². The molecule has 3 aromatic rings. The molecule has 0 N–H and O–H groups in total. The zero-order valence-electron chi connectivity index (χ0n) is 20.7. The van der Waals surface area contributed by atoms with E-state index in [2.05, 4.69) is 4.90 Å². The molecule has 5 rings (SSSR count). The molecule has 2 aliphatic rings. The summed E-state index contributed by atoms with van der Waals surface area (Å²) in [6.07, 6.45) is 4.61. The Kier molecular flexibility index (Phi) is 7.17. The van der Waals surface area contributed by atoms with Gasteiger partial charge in [-0.25, -0.2) is 8.78 Å². The molecule has 1 amide bonds. The second-order valence-electron chi connectivity index (χ2n) is 9.74. The molecule has 0 radical (unpaired) electrons. The fourth-order valence-electron chi connectivity index (χ4n) is 5.63. The van der Waals surface area contributed by atoms with E-state index < -0.39 is 5.54 Å². The third-order valence-corrected chi connectivity index (χ3v) is 7.63. The number of carbonyl (C=O) groups excluding carboxylic acids is 2. The minimum Gasteiger partial charge on any atom is -0.358 e. The molecule has 0 unspecified atom stereocenters. The van der Waals surface area contributed by atoms with E-state index in [1.165, 1.54) is 24.3 Å². The Labute approximate surface area is 216 Å².